The van der Waals surface area contributed by atoms with Crippen molar-refractivity contribution in [1.29, 1.82) is 0 Å². The summed E-state index contributed by atoms with van der Waals surface area (Å²) >= 11 is 0. The second-order valence-corrected chi connectivity index (χ2v) is 7.73. The van der Waals surface area contributed by atoms with Gasteiger partial charge in [-0.1, -0.05) is 13.8 Å². The minimum absolute atomic E-state index is 0.0160. The average Bonchev–Trinajstić information content (AvgIpc) is 2.78. The van der Waals surface area contributed by atoms with Gasteiger partial charge in [-0.2, -0.15) is 0 Å². The molecule has 3 atom stereocenters. The van der Waals surface area contributed by atoms with Gasteiger partial charge in [0.15, 0.2) is 5.96 Å². The van der Waals surface area contributed by atoms with E-state index in [2.05, 4.69) is 15.6 Å². The summed E-state index contributed by atoms with van der Waals surface area (Å²) in [5, 5.41) is 14.9. The number of benzene rings is 1. The molecule has 0 spiro atoms. The Morgan fingerprint density at radius 1 is 1.21 bits per heavy atom. The Morgan fingerprint density at radius 3 is 2.36 bits per heavy atom. The van der Waals surface area contributed by atoms with Gasteiger partial charge in [-0.3, -0.25) is 14.9 Å². The van der Waals surface area contributed by atoms with Gasteiger partial charge < -0.3 is 25.6 Å². The van der Waals surface area contributed by atoms with Crippen LogP contribution in [0, 0.1) is 0 Å². The van der Waals surface area contributed by atoms with Gasteiger partial charge in [-0.05, 0) is 43.2 Å². The van der Waals surface area contributed by atoms with Gasteiger partial charge in [0.05, 0.1) is 31.4 Å². The molecule has 10 heteroatoms. The first kappa shape index (κ1) is 25.9. The van der Waals surface area contributed by atoms with E-state index < -0.39 is 30.1 Å². The molecule has 2 amide bonds. The normalized spacial score (nSPS) is 20.7. The van der Waals surface area contributed by atoms with Crippen LogP contribution in [0.2, 0.25) is 0 Å². The van der Waals surface area contributed by atoms with Crippen molar-refractivity contribution < 1.29 is 29.0 Å². The summed E-state index contributed by atoms with van der Waals surface area (Å²) in [7, 11) is 1.52. The number of aliphatic imine (C=N–C) groups is 1. The van der Waals surface area contributed by atoms with Gasteiger partial charge in [-0.15, -0.1) is 0 Å². The zero-order valence-corrected chi connectivity index (χ0v) is 19.3. The van der Waals surface area contributed by atoms with Gasteiger partial charge in [-0.25, -0.2) is 9.79 Å². The lowest BCUT2D eigenvalue weighted by Crippen LogP contribution is -2.54. The quantitative estimate of drug-likeness (QED) is 0.323. The number of aliphatic carboxylic acids is 1. The molecule has 0 fully saturated rings. The predicted octanol–water partition coefficient (Wildman–Crippen LogP) is 1.60. The number of nitrogens with two attached hydrogens (primary N) is 1. The highest BCUT2D eigenvalue weighted by atomic mass is 16.5. The molecule has 0 aromatic heterocycles. The van der Waals surface area contributed by atoms with Crippen LogP contribution in [0.1, 0.15) is 50.4 Å². The Labute approximate surface area is 193 Å². The molecule has 33 heavy (non-hydrogen) atoms. The SMILES string of the molecule is CCC(CC)O[C@@H]1C=C(C(=O)O)C[C@H](N=C(N)NC(=O)c2ccc(OC)cc2)[C@H]1NC(C)=O. The molecule has 0 saturated carbocycles. The van der Waals surface area contributed by atoms with Gasteiger partial charge in [0.2, 0.25) is 5.91 Å². The summed E-state index contributed by atoms with van der Waals surface area (Å²) in [6.45, 7) is 5.29. The number of hydrogen-bond donors (Lipinski definition) is 4. The molecule has 1 aliphatic carbocycles. The lowest BCUT2D eigenvalue weighted by atomic mass is 9.88. The number of methoxy groups -OCH3 is 1. The maximum Gasteiger partial charge on any atom is 0.331 e. The highest BCUT2D eigenvalue weighted by molar-refractivity contribution is 6.05. The van der Waals surface area contributed by atoms with Crippen molar-refractivity contribution in [2.45, 2.75) is 64.3 Å². The van der Waals surface area contributed by atoms with E-state index in [0.717, 1.165) is 12.8 Å². The topological polar surface area (TPSA) is 152 Å². The standard InChI is InChI=1S/C23H32N4O6/c1-5-16(6-2)33-19-12-15(22(30)31)11-18(20(19)25-13(3)28)26-23(24)27-21(29)14-7-9-17(32-4)10-8-14/h7-10,12,16,18-20H,5-6,11H2,1-4H3,(H,25,28)(H,30,31)(H3,24,26,27,29)/t18-,19+,20+/m0/s1. The van der Waals surface area contributed by atoms with Crippen molar-refractivity contribution in [3.05, 3.63) is 41.5 Å². The first-order valence-electron chi connectivity index (χ1n) is 10.8. The summed E-state index contributed by atoms with van der Waals surface area (Å²) in [4.78, 5) is 40.5. The smallest absolute Gasteiger partial charge is 0.331 e. The van der Waals surface area contributed by atoms with E-state index in [-0.39, 0.29) is 30.0 Å². The molecule has 0 unspecified atom stereocenters. The Kier molecular flexibility index (Phi) is 9.41. The van der Waals surface area contributed by atoms with Crippen molar-refractivity contribution in [1.82, 2.24) is 10.6 Å². The minimum atomic E-state index is -1.10. The molecule has 0 bridgehead atoms. The van der Waals surface area contributed by atoms with Gasteiger partial charge in [0.25, 0.3) is 5.91 Å². The van der Waals surface area contributed by atoms with E-state index in [1.165, 1.54) is 20.1 Å². The maximum atomic E-state index is 12.5. The summed E-state index contributed by atoms with van der Waals surface area (Å²) in [6.07, 6.45) is 2.15. The number of nitrogens with zero attached hydrogens (tertiary/aromatic N) is 1. The second-order valence-electron chi connectivity index (χ2n) is 7.73. The van der Waals surface area contributed by atoms with Crippen LogP contribution >= 0.6 is 0 Å². The third-order valence-corrected chi connectivity index (χ3v) is 5.37. The van der Waals surface area contributed by atoms with Crippen molar-refractivity contribution in [2.24, 2.45) is 10.7 Å². The molecule has 10 nitrogen and oxygen atoms in total. The fourth-order valence-corrected chi connectivity index (χ4v) is 3.61. The Bertz CT molecular complexity index is 908. The lowest BCUT2D eigenvalue weighted by Gasteiger charge is -2.36. The monoisotopic (exact) mass is 460 g/mol. The second kappa shape index (κ2) is 12.0. The number of ether oxygens (including phenoxy) is 2. The number of carboxylic acid groups (broad SMARTS) is 1. The summed E-state index contributed by atoms with van der Waals surface area (Å²) in [5.74, 6) is -1.49. The minimum Gasteiger partial charge on any atom is -0.497 e. The van der Waals surface area contributed by atoms with Gasteiger partial charge >= 0.3 is 5.97 Å². The molecule has 2 rings (SSSR count). The largest absolute Gasteiger partial charge is 0.497 e. The van der Waals surface area contributed by atoms with Crippen LogP contribution < -0.4 is 21.1 Å². The third kappa shape index (κ3) is 7.31. The number of amides is 2. The zero-order chi connectivity index (χ0) is 24.5. The summed E-state index contributed by atoms with van der Waals surface area (Å²) in [5.41, 5.74) is 6.44. The van der Waals surface area contributed by atoms with Crippen molar-refractivity contribution >= 4 is 23.7 Å². The molecule has 1 aliphatic rings. The third-order valence-electron chi connectivity index (χ3n) is 5.37. The number of guanidine groups is 1. The van der Waals surface area contributed by atoms with E-state index >= 15 is 0 Å². The average molecular weight is 461 g/mol. The van der Waals surface area contributed by atoms with Gasteiger partial charge in [0, 0.05) is 24.5 Å². The molecular formula is C23H32N4O6. The van der Waals surface area contributed by atoms with Crippen LogP contribution in [0.15, 0.2) is 40.9 Å². The van der Waals surface area contributed by atoms with Crippen LogP contribution in [-0.4, -0.2) is 60.3 Å². The molecule has 0 saturated heterocycles. The molecule has 1 aromatic rings. The van der Waals surface area contributed by atoms with Crippen LogP contribution in [0.3, 0.4) is 0 Å². The van der Waals surface area contributed by atoms with Crippen LogP contribution in [0.25, 0.3) is 0 Å². The van der Waals surface area contributed by atoms with Crippen LogP contribution in [-0.2, 0) is 14.3 Å². The molecule has 5 N–H and O–H groups in total. The number of carbonyl (C=O) groups excluding carboxylic acids is 2. The Balaban J connectivity index is 2.29. The zero-order valence-electron chi connectivity index (χ0n) is 19.3. The van der Waals surface area contributed by atoms with E-state index in [1.54, 1.807) is 24.3 Å². The molecule has 180 valence electrons. The highest BCUT2D eigenvalue weighted by Crippen LogP contribution is 2.26. The lowest BCUT2D eigenvalue weighted by molar-refractivity contribution is -0.133. The number of carboxylic acids is 1. The fourth-order valence-electron chi connectivity index (χ4n) is 3.61. The van der Waals surface area contributed by atoms with E-state index in [1.807, 2.05) is 13.8 Å². The number of carbonyl (C=O) groups is 3. The molecule has 0 aliphatic heterocycles. The molecule has 0 heterocycles. The number of rotatable bonds is 9. The Morgan fingerprint density at radius 2 is 1.85 bits per heavy atom. The van der Waals surface area contributed by atoms with Crippen LogP contribution in [0.4, 0.5) is 0 Å². The molecular weight excluding hydrogens is 428 g/mol. The fraction of sp³-hybridized carbons (Fsp3) is 0.478. The summed E-state index contributed by atoms with van der Waals surface area (Å²) < 4.78 is 11.2. The molecule has 1 aromatic carbocycles. The highest BCUT2D eigenvalue weighted by Gasteiger charge is 2.37. The molecule has 0 radical (unpaired) electrons. The van der Waals surface area contributed by atoms with Gasteiger partial charge in [0.1, 0.15) is 5.75 Å². The van der Waals surface area contributed by atoms with Crippen molar-refractivity contribution in [2.75, 3.05) is 7.11 Å². The van der Waals surface area contributed by atoms with E-state index in [0.29, 0.717) is 11.3 Å². The predicted molar refractivity (Wildman–Crippen MR) is 123 cm³/mol. The first-order chi connectivity index (χ1) is 15.7. The summed E-state index contributed by atoms with van der Waals surface area (Å²) in [6, 6.07) is 5.03. The van der Waals surface area contributed by atoms with E-state index in [4.69, 9.17) is 15.2 Å². The Hall–Kier alpha value is -3.40. The van der Waals surface area contributed by atoms with E-state index in [9.17, 15) is 19.5 Å². The number of nitrogens with one attached hydrogen (secondary N) is 2. The number of hydrogen-bond acceptors (Lipinski definition) is 6. The van der Waals surface area contributed by atoms with Crippen molar-refractivity contribution in [3.8, 4) is 5.75 Å². The van der Waals surface area contributed by atoms with Crippen molar-refractivity contribution in [3.63, 3.8) is 0 Å². The van der Waals surface area contributed by atoms with Crippen LogP contribution in [0.5, 0.6) is 5.75 Å². The first-order valence-corrected chi connectivity index (χ1v) is 10.8. The maximum absolute atomic E-state index is 12.5.